The van der Waals surface area contributed by atoms with Crippen molar-refractivity contribution in [2.24, 2.45) is 5.73 Å². The fraction of sp³-hybridized carbons (Fsp3) is 0.417. The average molecular weight is 220 g/mol. The Morgan fingerprint density at radius 3 is 3.06 bits per heavy atom. The van der Waals surface area contributed by atoms with Crippen LogP contribution in [0.1, 0.15) is 18.4 Å². The van der Waals surface area contributed by atoms with E-state index in [-0.39, 0.29) is 5.91 Å². The van der Waals surface area contributed by atoms with Gasteiger partial charge in [-0.25, -0.2) is 0 Å². The third-order valence-corrected chi connectivity index (χ3v) is 2.62. The number of fused-ring (bicyclic) bond motifs is 1. The smallest absolute Gasteiger partial charge is 0.224 e. The molecule has 4 heteroatoms. The molecule has 1 aromatic rings. The van der Waals surface area contributed by atoms with Crippen LogP contribution in [0.4, 0.5) is 5.69 Å². The monoisotopic (exact) mass is 220 g/mol. The van der Waals surface area contributed by atoms with Crippen LogP contribution in [0.2, 0.25) is 0 Å². The molecule has 0 bridgehead atoms. The minimum Gasteiger partial charge on any atom is -0.493 e. The first kappa shape index (κ1) is 11.0. The summed E-state index contributed by atoms with van der Waals surface area (Å²) in [5, 5.41) is 2.85. The van der Waals surface area contributed by atoms with Crippen LogP contribution < -0.4 is 15.8 Å². The Labute approximate surface area is 94.8 Å². The summed E-state index contributed by atoms with van der Waals surface area (Å²) in [6.07, 6.45) is 2.13. The molecule has 1 aliphatic rings. The summed E-state index contributed by atoms with van der Waals surface area (Å²) in [7, 11) is 0. The molecule has 3 N–H and O–H groups in total. The molecule has 86 valence electrons. The van der Waals surface area contributed by atoms with Crippen LogP contribution in [0.15, 0.2) is 18.2 Å². The van der Waals surface area contributed by atoms with Gasteiger partial charge in [-0.15, -0.1) is 0 Å². The van der Waals surface area contributed by atoms with Gasteiger partial charge in [0.15, 0.2) is 0 Å². The van der Waals surface area contributed by atoms with Crippen molar-refractivity contribution in [2.75, 3.05) is 18.5 Å². The first-order valence-electron chi connectivity index (χ1n) is 5.56. The molecule has 1 heterocycles. The van der Waals surface area contributed by atoms with E-state index in [1.807, 2.05) is 18.2 Å². The maximum absolute atomic E-state index is 11.2. The van der Waals surface area contributed by atoms with E-state index in [0.29, 0.717) is 19.6 Å². The number of carbonyl (C=O) groups is 1. The number of rotatable bonds is 4. The van der Waals surface area contributed by atoms with Gasteiger partial charge in [0.1, 0.15) is 5.75 Å². The van der Waals surface area contributed by atoms with Crippen molar-refractivity contribution in [2.45, 2.75) is 19.3 Å². The lowest BCUT2D eigenvalue weighted by Gasteiger charge is -2.19. The van der Waals surface area contributed by atoms with Crippen molar-refractivity contribution in [3.8, 4) is 5.75 Å². The SMILES string of the molecule is NCCCOc1cccc2c1CCC(=O)N2. The van der Waals surface area contributed by atoms with Crippen molar-refractivity contribution in [1.29, 1.82) is 0 Å². The molecule has 16 heavy (non-hydrogen) atoms. The van der Waals surface area contributed by atoms with Crippen LogP contribution in [0.25, 0.3) is 0 Å². The Balaban J connectivity index is 2.13. The van der Waals surface area contributed by atoms with E-state index < -0.39 is 0 Å². The predicted octanol–water partition coefficient (Wildman–Crippen LogP) is 1.30. The zero-order chi connectivity index (χ0) is 11.4. The highest BCUT2D eigenvalue weighted by Gasteiger charge is 2.17. The van der Waals surface area contributed by atoms with Gasteiger partial charge in [0.25, 0.3) is 0 Å². The summed E-state index contributed by atoms with van der Waals surface area (Å²) in [5.74, 6) is 0.942. The fourth-order valence-corrected chi connectivity index (χ4v) is 1.79. The molecule has 0 spiro atoms. The second kappa shape index (κ2) is 4.99. The zero-order valence-corrected chi connectivity index (χ0v) is 9.16. The van der Waals surface area contributed by atoms with E-state index in [9.17, 15) is 4.79 Å². The van der Waals surface area contributed by atoms with Crippen LogP contribution in [0.5, 0.6) is 5.75 Å². The highest BCUT2D eigenvalue weighted by Crippen LogP contribution is 2.30. The molecule has 1 aromatic carbocycles. The van der Waals surface area contributed by atoms with Crippen molar-refractivity contribution in [1.82, 2.24) is 0 Å². The number of amides is 1. The minimum atomic E-state index is 0.0756. The third-order valence-electron chi connectivity index (χ3n) is 2.62. The summed E-state index contributed by atoms with van der Waals surface area (Å²) in [6.45, 7) is 1.26. The molecular formula is C12H16N2O2. The number of ether oxygens (including phenoxy) is 1. The predicted molar refractivity (Wildman–Crippen MR) is 62.6 cm³/mol. The number of benzene rings is 1. The number of hydrogen-bond acceptors (Lipinski definition) is 3. The summed E-state index contributed by atoms with van der Waals surface area (Å²) < 4.78 is 5.65. The van der Waals surface area contributed by atoms with Crippen LogP contribution in [-0.4, -0.2) is 19.1 Å². The maximum atomic E-state index is 11.2. The van der Waals surface area contributed by atoms with Gasteiger partial charge in [0, 0.05) is 17.7 Å². The molecule has 0 unspecified atom stereocenters. The molecule has 4 nitrogen and oxygen atoms in total. The lowest BCUT2D eigenvalue weighted by atomic mass is 10.0. The van der Waals surface area contributed by atoms with E-state index in [2.05, 4.69) is 5.32 Å². The Kier molecular flexibility index (Phi) is 3.41. The van der Waals surface area contributed by atoms with E-state index in [4.69, 9.17) is 10.5 Å². The quantitative estimate of drug-likeness (QED) is 0.752. The Bertz CT molecular complexity index is 391. The van der Waals surface area contributed by atoms with Crippen molar-refractivity contribution in [3.05, 3.63) is 23.8 Å². The Morgan fingerprint density at radius 2 is 2.25 bits per heavy atom. The molecule has 0 saturated carbocycles. The topological polar surface area (TPSA) is 64.3 Å². The van der Waals surface area contributed by atoms with Crippen molar-refractivity contribution in [3.63, 3.8) is 0 Å². The average Bonchev–Trinajstić information content (AvgIpc) is 2.29. The van der Waals surface area contributed by atoms with Gasteiger partial charge in [0.2, 0.25) is 5.91 Å². The number of carbonyl (C=O) groups excluding carboxylic acids is 1. The number of anilines is 1. The highest BCUT2D eigenvalue weighted by atomic mass is 16.5. The van der Waals surface area contributed by atoms with Crippen molar-refractivity contribution < 1.29 is 9.53 Å². The minimum absolute atomic E-state index is 0.0756. The van der Waals surface area contributed by atoms with Gasteiger partial charge < -0.3 is 15.8 Å². The normalized spacial score (nSPS) is 14.2. The molecule has 1 aliphatic heterocycles. The summed E-state index contributed by atoms with van der Waals surface area (Å²) in [6, 6.07) is 5.73. The summed E-state index contributed by atoms with van der Waals surface area (Å²) in [5.41, 5.74) is 7.38. The molecule has 2 rings (SSSR count). The van der Waals surface area contributed by atoms with E-state index in [1.165, 1.54) is 0 Å². The largest absolute Gasteiger partial charge is 0.493 e. The van der Waals surface area contributed by atoms with Crippen LogP contribution in [0.3, 0.4) is 0 Å². The van der Waals surface area contributed by atoms with Gasteiger partial charge in [0.05, 0.1) is 6.61 Å². The van der Waals surface area contributed by atoms with Crippen molar-refractivity contribution >= 4 is 11.6 Å². The molecule has 0 aliphatic carbocycles. The molecule has 0 atom stereocenters. The van der Waals surface area contributed by atoms with Gasteiger partial charge in [-0.3, -0.25) is 4.79 Å². The number of nitrogens with two attached hydrogens (primary N) is 1. The lowest BCUT2D eigenvalue weighted by molar-refractivity contribution is -0.116. The summed E-state index contributed by atoms with van der Waals surface area (Å²) >= 11 is 0. The van der Waals surface area contributed by atoms with Crippen LogP contribution >= 0.6 is 0 Å². The number of nitrogens with one attached hydrogen (secondary N) is 1. The van der Waals surface area contributed by atoms with Crippen LogP contribution in [0, 0.1) is 0 Å². The first-order chi connectivity index (χ1) is 7.81. The van der Waals surface area contributed by atoms with E-state index in [1.54, 1.807) is 0 Å². The Hall–Kier alpha value is -1.55. The lowest BCUT2D eigenvalue weighted by Crippen LogP contribution is -2.19. The fourth-order valence-electron chi connectivity index (χ4n) is 1.79. The standard InChI is InChI=1S/C12H16N2O2/c13-7-2-8-16-11-4-1-3-10-9(11)5-6-12(15)14-10/h1,3-4H,2,5-8,13H2,(H,14,15). The molecule has 0 saturated heterocycles. The van der Waals surface area contributed by atoms with Gasteiger partial charge in [-0.2, -0.15) is 0 Å². The maximum Gasteiger partial charge on any atom is 0.224 e. The Morgan fingerprint density at radius 1 is 1.38 bits per heavy atom. The molecule has 0 fully saturated rings. The zero-order valence-electron chi connectivity index (χ0n) is 9.16. The molecule has 0 radical (unpaired) electrons. The highest BCUT2D eigenvalue weighted by molar-refractivity contribution is 5.94. The van der Waals surface area contributed by atoms with E-state index in [0.717, 1.165) is 29.8 Å². The van der Waals surface area contributed by atoms with Gasteiger partial charge >= 0.3 is 0 Å². The third kappa shape index (κ3) is 2.33. The first-order valence-corrected chi connectivity index (χ1v) is 5.56. The summed E-state index contributed by atoms with van der Waals surface area (Å²) in [4.78, 5) is 11.2. The second-order valence-corrected chi connectivity index (χ2v) is 3.82. The van der Waals surface area contributed by atoms with Gasteiger partial charge in [-0.05, 0) is 31.5 Å². The number of hydrogen-bond donors (Lipinski definition) is 2. The van der Waals surface area contributed by atoms with Gasteiger partial charge in [-0.1, -0.05) is 6.07 Å². The molecule has 0 aromatic heterocycles. The van der Waals surface area contributed by atoms with E-state index >= 15 is 0 Å². The second-order valence-electron chi connectivity index (χ2n) is 3.82. The van der Waals surface area contributed by atoms with Crippen LogP contribution in [-0.2, 0) is 11.2 Å². The molecular weight excluding hydrogens is 204 g/mol. The molecule has 1 amide bonds.